The third-order valence-electron chi connectivity index (χ3n) is 3.55. The van der Waals surface area contributed by atoms with Gasteiger partial charge in [0.05, 0.1) is 4.90 Å². The summed E-state index contributed by atoms with van der Waals surface area (Å²) in [6.07, 6.45) is 0.726. The van der Waals surface area contributed by atoms with Crippen molar-refractivity contribution in [3.63, 3.8) is 0 Å². The van der Waals surface area contributed by atoms with E-state index in [1.165, 1.54) is 4.31 Å². The van der Waals surface area contributed by atoms with E-state index in [1.54, 1.807) is 12.1 Å². The maximum absolute atomic E-state index is 12.7. The van der Waals surface area contributed by atoms with Gasteiger partial charge in [0, 0.05) is 24.5 Å². The zero-order chi connectivity index (χ0) is 13.5. The Hall–Kier alpha value is -1.14. The number of halogens is 1. The van der Waals surface area contributed by atoms with E-state index < -0.39 is 10.0 Å². The van der Waals surface area contributed by atoms with Crippen LogP contribution in [0.1, 0.15) is 6.42 Å². The molecule has 4 nitrogen and oxygen atoms in total. The molecular formula is C14H17ClN2O2S. The van der Waals surface area contributed by atoms with Gasteiger partial charge in [-0.2, -0.15) is 4.31 Å². The normalized spacial score (nSPS) is 19.9. The molecule has 108 valence electrons. The zero-order valence-electron chi connectivity index (χ0n) is 10.9. The molecule has 2 N–H and O–H groups in total. The van der Waals surface area contributed by atoms with Crippen molar-refractivity contribution in [1.29, 1.82) is 0 Å². The molecule has 2 aromatic carbocycles. The van der Waals surface area contributed by atoms with Gasteiger partial charge in [0.15, 0.2) is 0 Å². The summed E-state index contributed by atoms with van der Waals surface area (Å²) in [4.78, 5) is 0.375. The van der Waals surface area contributed by atoms with Gasteiger partial charge in [-0.05, 0) is 17.9 Å². The first kappa shape index (κ1) is 15.3. The van der Waals surface area contributed by atoms with Gasteiger partial charge in [0.2, 0.25) is 10.0 Å². The molecule has 0 bridgehead atoms. The van der Waals surface area contributed by atoms with Crippen molar-refractivity contribution in [2.45, 2.75) is 17.4 Å². The lowest BCUT2D eigenvalue weighted by atomic mass is 10.1. The summed E-state index contributed by atoms with van der Waals surface area (Å²) in [5.74, 6) is 0. The molecule has 1 saturated heterocycles. The van der Waals surface area contributed by atoms with Crippen LogP contribution in [0.5, 0.6) is 0 Å². The fraction of sp³-hybridized carbons (Fsp3) is 0.286. The standard InChI is InChI=1S/C14H16N2O2S.ClH/c15-12-8-9-16(10-12)19(17,18)14-7-3-5-11-4-1-2-6-13(11)14;/h1-7,12H,8-10,15H2;1H/t12-;/m1./s1. The molecule has 0 spiro atoms. The van der Waals surface area contributed by atoms with Gasteiger partial charge in [-0.1, -0.05) is 36.4 Å². The molecule has 0 aromatic heterocycles. The SMILES string of the molecule is Cl.N[C@@H]1CCN(S(=O)(=O)c2cccc3ccccc23)C1. The minimum Gasteiger partial charge on any atom is -0.326 e. The fourth-order valence-corrected chi connectivity index (χ4v) is 4.26. The van der Waals surface area contributed by atoms with Gasteiger partial charge in [-0.15, -0.1) is 12.4 Å². The first-order valence-electron chi connectivity index (χ1n) is 6.32. The second-order valence-corrected chi connectivity index (χ2v) is 6.80. The topological polar surface area (TPSA) is 63.4 Å². The molecule has 1 fully saturated rings. The molecule has 0 aliphatic carbocycles. The molecule has 1 aliphatic rings. The highest BCUT2D eigenvalue weighted by atomic mass is 35.5. The average Bonchev–Trinajstić information content (AvgIpc) is 2.85. The van der Waals surface area contributed by atoms with E-state index in [4.69, 9.17) is 5.73 Å². The Bertz CT molecular complexity index is 713. The second kappa shape index (κ2) is 5.69. The predicted octanol–water partition coefficient (Wildman–Crippen LogP) is 1.98. The fourth-order valence-electron chi connectivity index (χ4n) is 2.53. The average molecular weight is 313 g/mol. The van der Waals surface area contributed by atoms with Gasteiger partial charge in [0.1, 0.15) is 0 Å². The Kier molecular flexibility index (Phi) is 4.34. The van der Waals surface area contributed by atoms with Crippen LogP contribution in [0.4, 0.5) is 0 Å². The van der Waals surface area contributed by atoms with Crippen LogP contribution in [0.3, 0.4) is 0 Å². The molecule has 1 heterocycles. The van der Waals surface area contributed by atoms with Crippen molar-refractivity contribution >= 4 is 33.2 Å². The van der Waals surface area contributed by atoms with Gasteiger partial charge in [0.25, 0.3) is 0 Å². The van der Waals surface area contributed by atoms with Gasteiger partial charge < -0.3 is 5.73 Å². The maximum Gasteiger partial charge on any atom is 0.243 e. The number of benzene rings is 2. The number of sulfonamides is 1. The van der Waals surface area contributed by atoms with Crippen molar-refractivity contribution < 1.29 is 8.42 Å². The lowest BCUT2D eigenvalue weighted by Gasteiger charge is -2.17. The number of fused-ring (bicyclic) bond motifs is 1. The Labute approximate surface area is 125 Å². The van der Waals surface area contributed by atoms with Crippen molar-refractivity contribution in [3.8, 4) is 0 Å². The van der Waals surface area contributed by atoms with Crippen molar-refractivity contribution in [2.75, 3.05) is 13.1 Å². The van der Waals surface area contributed by atoms with E-state index >= 15 is 0 Å². The number of hydrogen-bond acceptors (Lipinski definition) is 3. The first-order valence-corrected chi connectivity index (χ1v) is 7.76. The molecule has 0 radical (unpaired) electrons. The summed E-state index contributed by atoms with van der Waals surface area (Å²) in [5.41, 5.74) is 5.81. The van der Waals surface area contributed by atoms with Crippen LogP contribution in [0, 0.1) is 0 Å². The molecular weight excluding hydrogens is 296 g/mol. The minimum absolute atomic E-state index is 0. The quantitative estimate of drug-likeness (QED) is 0.922. The van der Waals surface area contributed by atoms with E-state index in [1.807, 2.05) is 30.3 Å². The molecule has 0 amide bonds. The van der Waals surface area contributed by atoms with Gasteiger partial charge >= 0.3 is 0 Å². The first-order chi connectivity index (χ1) is 9.09. The highest BCUT2D eigenvalue weighted by Gasteiger charge is 2.31. The number of rotatable bonds is 2. The molecule has 1 aliphatic heterocycles. The molecule has 2 aromatic rings. The van der Waals surface area contributed by atoms with Crippen molar-refractivity contribution in [1.82, 2.24) is 4.31 Å². The smallest absolute Gasteiger partial charge is 0.243 e. The molecule has 0 unspecified atom stereocenters. The highest BCUT2D eigenvalue weighted by Crippen LogP contribution is 2.27. The van der Waals surface area contributed by atoms with E-state index in [-0.39, 0.29) is 18.4 Å². The predicted molar refractivity (Wildman–Crippen MR) is 82.5 cm³/mol. The van der Waals surface area contributed by atoms with E-state index in [2.05, 4.69) is 0 Å². The zero-order valence-corrected chi connectivity index (χ0v) is 12.5. The molecule has 3 rings (SSSR count). The Morgan fingerprint density at radius 3 is 2.50 bits per heavy atom. The van der Waals surface area contributed by atoms with Crippen LogP contribution in [-0.4, -0.2) is 31.9 Å². The summed E-state index contributed by atoms with van der Waals surface area (Å²) in [7, 11) is -3.44. The highest BCUT2D eigenvalue weighted by molar-refractivity contribution is 7.89. The molecule has 0 saturated carbocycles. The summed E-state index contributed by atoms with van der Waals surface area (Å²) in [6.45, 7) is 0.915. The van der Waals surface area contributed by atoms with Crippen LogP contribution in [0.15, 0.2) is 47.4 Å². The Morgan fingerprint density at radius 1 is 1.10 bits per heavy atom. The lowest BCUT2D eigenvalue weighted by molar-refractivity contribution is 0.473. The number of hydrogen-bond donors (Lipinski definition) is 1. The van der Waals surface area contributed by atoms with E-state index in [9.17, 15) is 8.42 Å². The van der Waals surface area contributed by atoms with Crippen molar-refractivity contribution in [2.24, 2.45) is 5.73 Å². The molecule has 1 atom stereocenters. The number of nitrogens with two attached hydrogens (primary N) is 1. The van der Waals surface area contributed by atoms with Crippen LogP contribution < -0.4 is 5.73 Å². The lowest BCUT2D eigenvalue weighted by Crippen LogP contribution is -2.32. The van der Waals surface area contributed by atoms with Crippen LogP contribution >= 0.6 is 12.4 Å². The van der Waals surface area contributed by atoms with Crippen LogP contribution in [-0.2, 0) is 10.0 Å². The van der Waals surface area contributed by atoms with E-state index in [0.717, 1.165) is 17.2 Å². The largest absolute Gasteiger partial charge is 0.326 e. The summed E-state index contributed by atoms with van der Waals surface area (Å²) in [5, 5.41) is 1.71. The van der Waals surface area contributed by atoms with Crippen LogP contribution in [0.25, 0.3) is 10.8 Å². The monoisotopic (exact) mass is 312 g/mol. The Morgan fingerprint density at radius 2 is 1.80 bits per heavy atom. The van der Waals surface area contributed by atoms with Gasteiger partial charge in [-0.3, -0.25) is 0 Å². The second-order valence-electron chi connectivity index (χ2n) is 4.89. The summed E-state index contributed by atoms with van der Waals surface area (Å²) < 4.78 is 26.8. The maximum atomic E-state index is 12.7. The van der Waals surface area contributed by atoms with Crippen molar-refractivity contribution in [3.05, 3.63) is 42.5 Å². The summed E-state index contributed by atoms with van der Waals surface area (Å²) in [6, 6.07) is 12.9. The van der Waals surface area contributed by atoms with Gasteiger partial charge in [-0.25, -0.2) is 8.42 Å². The summed E-state index contributed by atoms with van der Waals surface area (Å²) >= 11 is 0. The van der Waals surface area contributed by atoms with E-state index in [0.29, 0.717) is 18.0 Å². The molecule has 6 heteroatoms. The third kappa shape index (κ3) is 2.54. The Balaban J connectivity index is 0.00000147. The third-order valence-corrected chi connectivity index (χ3v) is 5.48. The minimum atomic E-state index is -3.44. The van der Waals surface area contributed by atoms with Crippen LogP contribution in [0.2, 0.25) is 0 Å². The number of nitrogens with zero attached hydrogens (tertiary/aromatic N) is 1. The molecule has 20 heavy (non-hydrogen) atoms.